The van der Waals surface area contributed by atoms with Crippen molar-refractivity contribution >= 4 is 17.5 Å². The zero-order valence-electron chi connectivity index (χ0n) is 12.8. The summed E-state index contributed by atoms with van der Waals surface area (Å²) in [6, 6.07) is 3.90. The van der Waals surface area contributed by atoms with Gasteiger partial charge in [0.1, 0.15) is 5.82 Å². The van der Waals surface area contributed by atoms with Crippen LogP contribution in [0.1, 0.15) is 30.1 Å². The Kier molecular flexibility index (Phi) is 6.30. The monoisotopic (exact) mass is 296 g/mol. The van der Waals surface area contributed by atoms with E-state index in [2.05, 4.69) is 5.32 Å². The van der Waals surface area contributed by atoms with Gasteiger partial charge in [0, 0.05) is 33.2 Å². The van der Waals surface area contributed by atoms with E-state index in [4.69, 9.17) is 4.74 Å². The minimum Gasteiger partial charge on any atom is -0.382 e. The highest BCUT2D eigenvalue weighted by Gasteiger charge is 2.13. The summed E-state index contributed by atoms with van der Waals surface area (Å²) < 4.78 is 18.7. The predicted octanol–water partition coefficient (Wildman–Crippen LogP) is 2.28. The molecule has 0 aliphatic heterocycles. The van der Waals surface area contributed by atoms with Crippen molar-refractivity contribution in [2.45, 2.75) is 25.9 Å². The molecule has 116 valence electrons. The molecule has 0 saturated carbocycles. The molecule has 0 saturated heterocycles. The SMILES string of the molecule is CO[C@@H](C)CCC(=O)Nc1cc(C(=O)N(C)C)ccc1F. The lowest BCUT2D eigenvalue weighted by Gasteiger charge is -2.13. The van der Waals surface area contributed by atoms with Gasteiger partial charge in [-0.2, -0.15) is 0 Å². The number of hydrogen-bond acceptors (Lipinski definition) is 3. The molecule has 21 heavy (non-hydrogen) atoms. The topological polar surface area (TPSA) is 58.6 Å². The Balaban J connectivity index is 2.76. The number of ether oxygens (including phenoxy) is 1. The molecular formula is C15H21FN2O3. The van der Waals surface area contributed by atoms with Crippen molar-refractivity contribution in [3.8, 4) is 0 Å². The van der Waals surface area contributed by atoms with Gasteiger partial charge in [-0.15, -0.1) is 0 Å². The van der Waals surface area contributed by atoms with Gasteiger partial charge >= 0.3 is 0 Å². The third kappa shape index (κ3) is 5.15. The Morgan fingerprint density at radius 2 is 2.05 bits per heavy atom. The number of nitrogens with zero attached hydrogens (tertiary/aromatic N) is 1. The number of halogens is 1. The summed E-state index contributed by atoms with van der Waals surface area (Å²) in [5.41, 5.74) is 0.333. The third-order valence-electron chi connectivity index (χ3n) is 3.07. The Morgan fingerprint density at radius 1 is 1.38 bits per heavy atom. The van der Waals surface area contributed by atoms with Gasteiger partial charge in [0.2, 0.25) is 5.91 Å². The Morgan fingerprint density at radius 3 is 2.62 bits per heavy atom. The van der Waals surface area contributed by atoms with Crippen LogP contribution in [0.15, 0.2) is 18.2 Å². The summed E-state index contributed by atoms with van der Waals surface area (Å²) in [5.74, 6) is -1.13. The average molecular weight is 296 g/mol. The van der Waals surface area contributed by atoms with Crippen molar-refractivity contribution in [2.75, 3.05) is 26.5 Å². The molecule has 1 atom stereocenters. The highest BCUT2D eigenvalue weighted by molar-refractivity contribution is 5.97. The first-order valence-electron chi connectivity index (χ1n) is 6.69. The molecule has 1 N–H and O–H groups in total. The Bertz CT molecular complexity index is 518. The number of methoxy groups -OCH3 is 1. The van der Waals surface area contributed by atoms with E-state index < -0.39 is 5.82 Å². The largest absolute Gasteiger partial charge is 0.382 e. The van der Waals surface area contributed by atoms with Crippen LogP contribution in [-0.2, 0) is 9.53 Å². The van der Waals surface area contributed by atoms with Crippen molar-refractivity contribution in [3.05, 3.63) is 29.6 Å². The van der Waals surface area contributed by atoms with Gasteiger partial charge in [-0.1, -0.05) is 0 Å². The molecule has 2 amide bonds. The molecule has 0 bridgehead atoms. The number of rotatable bonds is 6. The quantitative estimate of drug-likeness (QED) is 0.876. The highest BCUT2D eigenvalue weighted by Crippen LogP contribution is 2.17. The van der Waals surface area contributed by atoms with Crippen LogP contribution in [0.3, 0.4) is 0 Å². The highest BCUT2D eigenvalue weighted by atomic mass is 19.1. The molecule has 0 aliphatic rings. The molecule has 0 radical (unpaired) electrons. The van der Waals surface area contributed by atoms with Crippen LogP contribution in [-0.4, -0.2) is 44.0 Å². The summed E-state index contributed by atoms with van der Waals surface area (Å²) in [6.07, 6.45) is 0.725. The Hall–Kier alpha value is -1.95. The first kappa shape index (κ1) is 17.1. The fraction of sp³-hybridized carbons (Fsp3) is 0.467. The molecule has 1 rings (SSSR count). The molecule has 1 aromatic carbocycles. The number of carbonyl (C=O) groups excluding carboxylic acids is 2. The normalized spacial score (nSPS) is 11.9. The molecule has 6 heteroatoms. The van der Waals surface area contributed by atoms with Gasteiger partial charge < -0.3 is 15.0 Å². The molecule has 0 fully saturated rings. The van der Waals surface area contributed by atoms with E-state index in [1.54, 1.807) is 21.2 Å². The number of hydrogen-bond donors (Lipinski definition) is 1. The van der Waals surface area contributed by atoms with Gasteiger partial charge in [-0.25, -0.2) is 4.39 Å². The second-order valence-corrected chi connectivity index (χ2v) is 5.03. The molecule has 5 nitrogen and oxygen atoms in total. The summed E-state index contributed by atoms with van der Waals surface area (Å²) in [6.45, 7) is 1.85. The smallest absolute Gasteiger partial charge is 0.253 e. The van der Waals surface area contributed by atoms with Gasteiger partial charge in [0.15, 0.2) is 0 Å². The number of amides is 2. The van der Waals surface area contributed by atoms with E-state index in [9.17, 15) is 14.0 Å². The maximum absolute atomic E-state index is 13.7. The second-order valence-electron chi connectivity index (χ2n) is 5.03. The third-order valence-corrected chi connectivity index (χ3v) is 3.07. The van der Waals surface area contributed by atoms with Crippen molar-refractivity contribution in [3.63, 3.8) is 0 Å². The van der Waals surface area contributed by atoms with Gasteiger partial charge in [-0.05, 0) is 31.5 Å². The maximum atomic E-state index is 13.7. The Labute approximate surface area is 124 Å². The van der Waals surface area contributed by atoms with Crippen LogP contribution in [0.4, 0.5) is 10.1 Å². The second kappa shape index (κ2) is 7.73. The zero-order chi connectivity index (χ0) is 16.0. The molecule has 0 spiro atoms. The maximum Gasteiger partial charge on any atom is 0.253 e. The van der Waals surface area contributed by atoms with Gasteiger partial charge in [0.25, 0.3) is 5.91 Å². The van der Waals surface area contributed by atoms with E-state index >= 15 is 0 Å². The fourth-order valence-corrected chi connectivity index (χ4v) is 1.68. The lowest BCUT2D eigenvalue weighted by molar-refractivity contribution is -0.116. The number of anilines is 1. The number of benzene rings is 1. The summed E-state index contributed by atoms with van der Waals surface area (Å²) in [5, 5.41) is 2.48. The summed E-state index contributed by atoms with van der Waals surface area (Å²) >= 11 is 0. The van der Waals surface area contributed by atoms with Crippen molar-refractivity contribution in [1.29, 1.82) is 0 Å². The minimum atomic E-state index is -0.571. The fourth-order valence-electron chi connectivity index (χ4n) is 1.68. The molecule has 1 aromatic rings. The van der Waals surface area contributed by atoms with Crippen LogP contribution >= 0.6 is 0 Å². The van der Waals surface area contributed by atoms with Gasteiger partial charge in [-0.3, -0.25) is 9.59 Å². The lowest BCUT2D eigenvalue weighted by atomic mass is 10.1. The minimum absolute atomic E-state index is 0.0118. The molecule has 0 unspecified atom stereocenters. The molecule has 0 aliphatic carbocycles. The summed E-state index contributed by atoms with van der Waals surface area (Å²) in [7, 11) is 4.78. The van der Waals surface area contributed by atoms with Crippen LogP contribution in [0.2, 0.25) is 0 Å². The van der Waals surface area contributed by atoms with E-state index in [-0.39, 0.29) is 30.0 Å². The van der Waals surface area contributed by atoms with Crippen molar-refractivity contribution < 1.29 is 18.7 Å². The first-order valence-corrected chi connectivity index (χ1v) is 6.69. The first-order chi connectivity index (χ1) is 9.85. The zero-order valence-corrected chi connectivity index (χ0v) is 12.8. The van der Waals surface area contributed by atoms with Crippen molar-refractivity contribution in [2.24, 2.45) is 0 Å². The van der Waals surface area contributed by atoms with Crippen LogP contribution in [0.25, 0.3) is 0 Å². The van der Waals surface area contributed by atoms with Crippen molar-refractivity contribution in [1.82, 2.24) is 4.90 Å². The van der Waals surface area contributed by atoms with Crippen LogP contribution in [0, 0.1) is 5.82 Å². The number of carbonyl (C=O) groups is 2. The predicted molar refractivity (Wildman–Crippen MR) is 78.8 cm³/mol. The molecule has 0 aromatic heterocycles. The number of nitrogens with one attached hydrogen (secondary N) is 1. The van der Waals surface area contributed by atoms with E-state index in [0.717, 1.165) is 0 Å². The molecular weight excluding hydrogens is 275 g/mol. The van der Waals surface area contributed by atoms with E-state index in [1.807, 2.05) is 6.92 Å². The van der Waals surface area contributed by atoms with E-state index in [1.165, 1.54) is 23.1 Å². The average Bonchev–Trinajstić information content (AvgIpc) is 2.46. The van der Waals surface area contributed by atoms with E-state index in [0.29, 0.717) is 12.0 Å². The standard InChI is InChI=1S/C15H21FN2O3/c1-10(21-4)5-8-14(19)17-13-9-11(6-7-12(13)16)15(20)18(2)3/h6-7,9-10H,5,8H2,1-4H3,(H,17,19)/t10-/m0/s1. The van der Waals surface area contributed by atoms with Gasteiger partial charge in [0.05, 0.1) is 11.8 Å². The molecule has 0 heterocycles. The van der Waals surface area contributed by atoms with Crippen LogP contribution in [0.5, 0.6) is 0 Å². The van der Waals surface area contributed by atoms with Crippen LogP contribution < -0.4 is 5.32 Å². The lowest BCUT2D eigenvalue weighted by Crippen LogP contribution is -2.22. The summed E-state index contributed by atoms with van der Waals surface area (Å²) in [4.78, 5) is 25.0.